The van der Waals surface area contributed by atoms with Crippen molar-refractivity contribution in [2.75, 3.05) is 0 Å². The van der Waals surface area contributed by atoms with Gasteiger partial charge in [0.25, 0.3) is 0 Å². The van der Waals surface area contributed by atoms with Crippen molar-refractivity contribution >= 4 is 58.8 Å². The molecular formula is C44H27N3S. The lowest BCUT2D eigenvalue weighted by atomic mass is 9.93. The van der Waals surface area contributed by atoms with Crippen LogP contribution in [0.3, 0.4) is 0 Å². The third-order valence-corrected chi connectivity index (χ3v) is 10.8. The van der Waals surface area contributed by atoms with E-state index in [2.05, 4.69) is 168 Å². The minimum atomic E-state index is 0.838. The molecule has 0 atom stereocenters. The van der Waals surface area contributed by atoms with Gasteiger partial charge in [0.05, 0.1) is 5.52 Å². The van der Waals surface area contributed by atoms with Gasteiger partial charge in [-0.25, -0.2) is 0 Å². The van der Waals surface area contributed by atoms with Gasteiger partial charge in [-0.05, 0) is 57.0 Å². The molecule has 0 saturated heterocycles. The summed E-state index contributed by atoms with van der Waals surface area (Å²) in [7, 11) is 0. The van der Waals surface area contributed by atoms with Gasteiger partial charge < -0.3 is 0 Å². The summed E-state index contributed by atoms with van der Waals surface area (Å²) in [5, 5.41) is 15.6. The molecule has 0 N–H and O–H groups in total. The number of thiophene rings is 1. The van der Waals surface area contributed by atoms with E-state index in [4.69, 9.17) is 10.2 Å². The highest BCUT2D eigenvalue weighted by Crippen LogP contribution is 2.41. The fraction of sp³-hybridized carbons (Fsp3) is 0. The second kappa shape index (κ2) is 10.7. The van der Waals surface area contributed by atoms with Gasteiger partial charge in [-0.15, -0.1) is 21.5 Å². The summed E-state index contributed by atoms with van der Waals surface area (Å²) in [5.74, 6) is 0.838. The molecule has 0 bridgehead atoms. The Labute approximate surface area is 281 Å². The molecule has 0 aliphatic carbocycles. The third-order valence-electron chi connectivity index (χ3n) is 9.54. The van der Waals surface area contributed by atoms with Crippen LogP contribution in [0.25, 0.3) is 92.3 Å². The van der Waals surface area contributed by atoms with Gasteiger partial charge in [-0.2, -0.15) is 0 Å². The largest absolute Gasteiger partial charge is 0.274 e. The molecule has 48 heavy (non-hydrogen) atoms. The zero-order valence-corrected chi connectivity index (χ0v) is 26.7. The number of rotatable bonds is 4. The minimum absolute atomic E-state index is 0.838. The first-order valence-electron chi connectivity index (χ1n) is 16.2. The Balaban J connectivity index is 1.14. The van der Waals surface area contributed by atoms with Gasteiger partial charge in [0, 0.05) is 36.5 Å². The van der Waals surface area contributed by atoms with Crippen LogP contribution < -0.4 is 0 Å². The molecule has 3 nitrogen and oxygen atoms in total. The number of aromatic nitrogens is 3. The Bertz CT molecular complexity index is 2830. The van der Waals surface area contributed by atoms with E-state index in [1.54, 1.807) is 0 Å². The van der Waals surface area contributed by atoms with Crippen molar-refractivity contribution in [2.45, 2.75) is 0 Å². The summed E-state index contributed by atoms with van der Waals surface area (Å²) >= 11 is 1.86. The molecule has 0 amide bonds. The number of hydrogen-bond acceptors (Lipinski definition) is 3. The van der Waals surface area contributed by atoms with Crippen LogP contribution >= 0.6 is 11.3 Å². The highest BCUT2D eigenvalue weighted by Gasteiger charge is 2.18. The third kappa shape index (κ3) is 4.13. The molecule has 0 spiro atoms. The summed E-state index contributed by atoms with van der Waals surface area (Å²) in [6.07, 6.45) is 0. The van der Waals surface area contributed by atoms with Crippen LogP contribution in [-0.4, -0.2) is 14.6 Å². The first kappa shape index (κ1) is 27.1. The van der Waals surface area contributed by atoms with Crippen molar-refractivity contribution in [3.63, 3.8) is 0 Å². The average molecular weight is 630 g/mol. The molecular weight excluding hydrogens is 603 g/mol. The standard InChI is InChI=1S/C44H27N3S/c1-2-11-28(12-3-1)32-13-4-5-14-33(32)31-25-26-40-39(27-31)35-15-6-7-17-38(35)44-46-45-43(47(40)44)30-23-21-29(22-24-30)34-18-10-19-37-36-16-8-9-20-41(36)48-42(34)37/h1-27H. The van der Waals surface area contributed by atoms with Crippen LogP contribution in [-0.2, 0) is 0 Å². The summed E-state index contributed by atoms with van der Waals surface area (Å²) < 4.78 is 4.87. The van der Waals surface area contributed by atoms with E-state index in [1.807, 2.05) is 11.3 Å². The van der Waals surface area contributed by atoms with Crippen molar-refractivity contribution in [1.82, 2.24) is 14.6 Å². The number of fused-ring (bicyclic) bond motifs is 9. The van der Waals surface area contributed by atoms with Crippen LogP contribution in [0.2, 0.25) is 0 Å². The zero-order chi connectivity index (χ0) is 31.6. The number of hydrogen-bond donors (Lipinski definition) is 0. The van der Waals surface area contributed by atoms with E-state index in [0.29, 0.717) is 0 Å². The summed E-state index contributed by atoms with van der Waals surface area (Å²) in [5.41, 5.74) is 10.3. The molecule has 10 aromatic rings. The van der Waals surface area contributed by atoms with Crippen LogP contribution in [0.1, 0.15) is 0 Å². The quantitative estimate of drug-likeness (QED) is 0.181. The van der Waals surface area contributed by atoms with Crippen LogP contribution in [0, 0.1) is 0 Å². The Hall–Kier alpha value is -6.10. The lowest BCUT2D eigenvalue weighted by Crippen LogP contribution is -1.95. The number of benzene rings is 7. The van der Waals surface area contributed by atoms with E-state index in [9.17, 15) is 0 Å². The minimum Gasteiger partial charge on any atom is -0.274 e. The van der Waals surface area contributed by atoms with Crippen molar-refractivity contribution in [3.05, 3.63) is 164 Å². The van der Waals surface area contributed by atoms with E-state index in [-0.39, 0.29) is 0 Å². The van der Waals surface area contributed by atoms with E-state index in [1.165, 1.54) is 64.3 Å². The lowest BCUT2D eigenvalue weighted by Gasteiger charge is -2.14. The number of nitrogens with zero attached hydrogens (tertiary/aromatic N) is 3. The smallest absolute Gasteiger partial charge is 0.169 e. The Morgan fingerprint density at radius 2 is 1.00 bits per heavy atom. The normalized spacial score (nSPS) is 11.8. The monoisotopic (exact) mass is 629 g/mol. The summed E-state index contributed by atoms with van der Waals surface area (Å²) in [6, 6.07) is 58.7. The molecule has 3 aromatic heterocycles. The van der Waals surface area contributed by atoms with Gasteiger partial charge in [0.15, 0.2) is 11.5 Å². The summed E-state index contributed by atoms with van der Waals surface area (Å²) in [4.78, 5) is 0. The van der Waals surface area contributed by atoms with Gasteiger partial charge in [-0.1, -0.05) is 146 Å². The lowest BCUT2D eigenvalue weighted by molar-refractivity contribution is 1.12. The maximum Gasteiger partial charge on any atom is 0.169 e. The zero-order valence-electron chi connectivity index (χ0n) is 25.8. The molecule has 0 saturated carbocycles. The molecule has 0 aliphatic heterocycles. The Kier molecular flexibility index (Phi) is 6.05. The number of pyridine rings is 1. The molecule has 7 aromatic carbocycles. The van der Waals surface area contributed by atoms with Gasteiger partial charge >= 0.3 is 0 Å². The van der Waals surface area contributed by atoms with E-state index >= 15 is 0 Å². The van der Waals surface area contributed by atoms with Crippen LogP contribution in [0.4, 0.5) is 0 Å². The highest BCUT2D eigenvalue weighted by molar-refractivity contribution is 7.26. The summed E-state index contributed by atoms with van der Waals surface area (Å²) in [6.45, 7) is 0. The first-order chi connectivity index (χ1) is 23.8. The molecule has 224 valence electrons. The molecule has 4 heteroatoms. The Morgan fingerprint density at radius 1 is 0.396 bits per heavy atom. The fourth-order valence-corrected chi connectivity index (χ4v) is 8.52. The molecule has 3 heterocycles. The maximum atomic E-state index is 4.80. The highest BCUT2D eigenvalue weighted by atomic mass is 32.1. The Morgan fingerprint density at radius 3 is 1.83 bits per heavy atom. The predicted octanol–water partition coefficient (Wildman–Crippen LogP) is 12.1. The molecule has 0 aliphatic rings. The van der Waals surface area contributed by atoms with E-state index < -0.39 is 0 Å². The maximum absolute atomic E-state index is 4.80. The van der Waals surface area contributed by atoms with Crippen molar-refractivity contribution in [1.29, 1.82) is 0 Å². The first-order valence-corrected chi connectivity index (χ1v) is 17.0. The fourth-order valence-electron chi connectivity index (χ4n) is 7.28. The molecule has 0 radical (unpaired) electrons. The molecule has 10 rings (SSSR count). The predicted molar refractivity (Wildman–Crippen MR) is 203 cm³/mol. The second-order valence-electron chi connectivity index (χ2n) is 12.2. The van der Waals surface area contributed by atoms with Gasteiger partial charge in [0.2, 0.25) is 0 Å². The second-order valence-corrected chi connectivity index (χ2v) is 13.3. The van der Waals surface area contributed by atoms with Crippen molar-refractivity contribution in [2.24, 2.45) is 0 Å². The average Bonchev–Trinajstić information content (AvgIpc) is 3.78. The molecule has 0 unspecified atom stereocenters. The van der Waals surface area contributed by atoms with Crippen LogP contribution in [0.5, 0.6) is 0 Å². The molecule has 0 fully saturated rings. The topological polar surface area (TPSA) is 30.2 Å². The van der Waals surface area contributed by atoms with Crippen molar-refractivity contribution in [3.8, 4) is 44.8 Å². The van der Waals surface area contributed by atoms with Crippen LogP contribution in [0.15, 0.2) is 164 Å². The van der Waals surface area contributed by atoms with Gasteiger partial charge in [-0.3, -0.25) is 4.40 Å². The van der Waals surface area contributed by atoms with Crippen molar-refractivity contribution < 1.29 is 0 Å². The SMILES string of the molecule is c1ccc(-c2ccccc2-c2ccc3c(c2)c2ccccc2c2nnc(-c4ccc(-c5cccc6c5sc5ccccc56)cc4)n32)cc1. The van der Waals surface area contributed by atoms with Gasteiger partial charge in [0.1, 0.15) is 0 Å². The van der Waals surface area contributed by atoms with E-state index in [0.717, 1.165) is 27.9 Å².